The minimum Gasteiger partial charge on any atom is -0.497 e. The summed E-state index contributed by atoms with van der Waals surface area (Å²) >= 11 is 1.37. The van der Waals surface area contributed by atoms with E-state index in [4.69, 9.17) is 18.9 Å². The highest BCUT2D eigenvalue weighted by molar-refractivity contribution is 8.00. The number of nitrogens with one attached hydrogen (secondary N) is 3. The normalized spacial score (nSPS) is 11.6. The van der Waals surface area contributed by atoms with Crippen molar-refractivity contribution in [3.05, 3.63) is 108 Å². The molecule has 11 heteroatoms. The van der Waals surface area contributed by atoms with Crippen molar-refractivity contribution < 1.29 is 33.3 Å². The molecule has 0 saturated heterocycles. The van der Waals surface area contributed by atoms with E-state index in [1.54, 1.807) is 105 Å². The van der Waals surface area contributed by atoms with Crippen LogP contribution in [-0.2, 0) is 9.59 Å². The van der Waals surface area contributed by atoms with Gasteiger partial charge in [0.25, 0.3) is 11.8 Å². The third kappa shape index (κ3) is 9.54. The van der Waals surface area contributed by atoms with Crippen molar-refractivity contribution in [1.29, 1.82) is 0 Å². The van der Waals surface area contributed by atoms with E-state index in [1.807, 2.05) is 13.0 Å². The van der Waals surface area contributed by atoms with Gasteiger partial charge in [-0.25, -0.2) is 0 Å². The number of thioether (sulfide) groups is 1. The second kappa shape index (κ2) is 16.8. The van der Waals surface area contributed by atoms with E-state index in [0.717, 1.165) is 4.90 Å². The molecule has 0 heterocycles. The summed E-state index contributed by atoms with van der Waals surface area (Å²) in [5, 5.41) is 8.13. The summed E-state index contributed by atoms with van der Waals surface area (Å²) in [6.45, 7) is 1.93. The molecule has 4 rings (SSSR count). The smallest absolute Gasteiger partial charge is 0.272 e. The van der Waals surface area contributed by atoms with Gasteiger partial charge in [0.1, 0.15) is 17.2 Å². The van der Waals surface area contributed by atoms with Crippen molar-refractivity contribution in [3.63, 3.8) is 0 Å². The fourth-order valence-electron chi connectivity index (χ4n) is 4.49. The Morgan fingerprint density at radius 2 is 1.43 bits per heavy atom. The van der Waals surface area contributed by atoms with Crippen LogP contribution in [0.4, 0.5) is 11.4 Å². The van der Waals surface area contributed by atoms with E-state index in [1.165, 1.54) is 26.0 Å². The summed E-state index contributed by atoms with van der Waals surface area (Å²) in [5.74, 6) is 0.948. The molecule has 0 aliphatic rings. The van der Waals surface area contributed by atoms with Crippen LogP contribution >= 0.6 is 11.8 Å². The maximum Gasteiger partial charge on any atom is 0.272 e. The van der Waals surface area contributed by atoms with Gasteiger partial charge in [-0.15, -0.1) is 11.8 Å². The van der Waals surface area contributed by atoms with Gasteiger partial charge in [-0.1, -0.05) is 37.3 Å². The predicted molar refractivity (Wildman–Crippen MR) is 185 cm³/mol. The number of carbonyl (C=O) groups is 3. The standard InChI is InChI=1S/C36H37N3O7S/c1-6-33(36(42)38-26-19-27(43-2)22-28(20-26)44-3)47-29-14-10-13-25(21-29)37-35(41)30(39-34(40)24-11-8-7-9-12-24)17-23-15-16-31(45-4)32(18-23)46-5/h7-22,33H,6H2,1-5H3,(H,37,41)(H,38,42)(H,39,40)/b30-17+. The minimum absolute atomic E-state index is 0.0173. The summed E-state index contributed by atoms with van der Waals surface area (Å²) in [7, 11) is 6.14. The van der Waals surface area contributed by atoms with Gasteiger partial charge in [-0.3, -0.25) is 14.4 Å². The van der Waals surface area contributed by atoms with Gasteiger partial charge < -0.3 is 34.9 Å². The predicted octanol–water partition coefficient (Wildman–Crippen LogP) is 6.64. The number of hydrogen-bond donors (Lipinski definition) is 3. The Morgan fingerprint density at radius 3 is 2.06 bits per heavy atom. The first kappa shape index (κ1) is 34.5. The van der Waals surface area contributed by atoms with Gasteiger partial charge in [-0.05, 0) is 60.5 Å². The lowest BCUT2D eigenvalue weighted by molar-refractivity contribution is -0.116. The number of anilines is 2. The number of benzene rings is 4. The first-order chi connectivity index (χ1) is 22.8. The van der Waals surface area contributed by atoms with Crippen LogP contribution in [0.25, 0.3) is 6.08 Å². The largest absolute Gasteiger partial charge is 0.497 e. The van der Waals surface area contributed by atoms with Crippen LogP contribution in [0.15, 0.2) is 102 Å². The SMILES string of the molecule is CCC(Sc1cccc(NC(=O)/C(=C\c2ccc(OC)c(OC)c2)NC(=O)c2ccccc2)c1)C(=O)Nc1cc(OC)cc(OC)c1. The first-order valence-corrected chi connectivity index (χ1v) is 15.6. The highest BCUT2D eigenvalue weighted by atomic mass is 32.2. The third-order valence-corrected chi connectivity index (χ3v) is 8.26. The fourth-order valence-corrected chi connectivity index (χ4v) is 5.50. The number of methoxy groups -OCH3 is 4. The van der Waals surface area contributed by atoms with Crippen LogP contribution in [-0.4, -0.2) is 51.4 Å². The summed E-state index contributed by atoms with van der Waals surface area (Å²) in [5.41, 5.74) is 2.06. The van der Waals surface area contributed by atoms with Crippen molar-refractivity contribution in [1.82, 2.24) is 5.32 Å². The molecule has 3 amide bonds. The number of carbonyl (C=O) groups excluding carboxylic acids is 3. The molecule has 0 aliphatic heterocycles. The molecule has 4 aromatic carbocycles. The Morgan fingerprint density at radius 1 is 0.723 bits per heavy atom. The molecule has 10 nitrogen and oxygen atoms in total. The van der Waals surface area contributed by atoms with Crippen molar-refractivity contribution in [2.75, 3.05) is 39.1 Å². The Bertz CT molecular complexity index is 1720. The van der Waals surface area contributed by atoms with Crippen LogP contribution < -0.4 is 34.9 Å². The highest BCUT2D eigenvalue weighted by Crippen LogP contribution is 2.31. The molecule has 1 unspecified atom stereocenters. The first-order valence-electron chi connectivity index (χ1n) is 14.7. The van der Waals surface area contributed by atoms with Crippen molar-refractivity contribution in [3.8, 4) is 23.0 Å². The quantitative estimate of drug-likeness (QED) is 0.102. The minimum atomic E-state index is -0.539. The number of hydrogen-bond acceptors (Lipinski definition) is 8. The topological polar surface area (TPSA) is 124 Å². The summed E-state index contributed by atoms with van der Waals surface area (Å²) < 4.78 is 21.4. The lowest BCUT2D eigenvalue weighted by atomic mass is 10.1. The Kier molecular flexibility index (Phi) is 12.3. The molecule has 0 fully saturated rings. The van der Waals surface area contributed by atoms with E-state index in [9.17, 15) is 14.4 Å². The lowest BCUT2D eigenvalue weighted by Crippen LogP contribution is -2.30. The molecule has 244 valence electrons. The second-order valence-electron chi connectivity index (χ2n) is 10.1. The van der Waals surface area contributed by atoms with Gasteiger partial charge in [0.15, 0.2) is 11.5 Å². The zero-order valence-electron chi connectivity index (χ0n) is 26.8. The number of rotatable bonds is 14. The maximum atomic E-state index is 13.6. The maximum absolute atomic E-state index is 13.6. The molecule has 47 heavy (non-hydrogen) atoms. The van der Waals surface area contributed by atoms with E-state index < -0.39 is 17.1 Å². The van der Waals surface area contributed by atoms with E-state index >= 15 is 0 Å². The van der Waals surface area contributed by atoms with Crippen molar-refractivity contribution in [2.45, 2.75) is 23.5 Å². The Labute approximate surface area is 278 Å². The van der Waals surface area contributed by atoms with Crippen LogP contribution in [0, 0.1) is 0 Å². The van der Waals surface area contributed by atoms with E-state index in [0.29, 0.717) is 51.9 Å². The van der Waals surface area contributed by atoms with Gasteiger partial charge in [0.2, 0.25) is 5.91 Å². The molecule has 0 aliphatic carbocycles. The summed E-state index contributed by atoms with van der Waals surface area (Å²) in [6, 6.07) is 26.1. The Hall–Kier alpha value is -5.42. The molecule has 4 aromatic rings. The Balaban J connectivity index is 1.53. The van der Waals surface area contributed by atoms with Gasteiger partial charge in [0.05, 0.1) is 33.7 Å². The zero-order chi connectivity index (χ0) is 33.8. The molecule has 0 saturated carbocycles. The van der Waals surface area contributed by atoms with Crippen LogP contribution in [0.2, 0.25) is 0 Å². The zero-order valence-corrected chi connectivity index (χ0v) is 27.6. The molecular formula is C36H37N3O7S. The average Bonchev–Trinajstić information content (AvgIpc) is 3.10. The van der Waals surface area contributed by atoms with Gasteiger partial charge in [-0.2, -0.15) is 0 Å². The fraction of sp³-hybridized carbons (Fsp3) is 0.194. The molecule has 0 bridgehead atoms. The van der Waals surface area contributed by atoms with Crippen LogP contribution in [0.3, 0.4) is 0 Å². The van der Waals surface area contributed by atoms with Crippen LogP contribution in [0.1, 0.15) is 29.3 Å². The van der Waals surface area contributed by atoms with E-state index in [-0.39, 0.29) is 11.6 Å². The molecule has 0 spiro atoms. The number of ether oxygens (including phenoxy) is 4. The van der Waals surface area contributed by atoms with E-state index in [2.05, 4.69) is 16.0 Å². The third-order valence-electron chi connectivity index (χ3n) is 6.90. The molecule has 0 aromatic heterocycles. The second-order valence-corrected chi connectivity index (χ2v) is 11.4. The summed E-state index contributed by atoms with van der Waals surface area (Å²) in [4.78, 5) is 40.7. The molecule has 0 radical (unpaired) electrons. The van der Waals surface area contributed by atoms with Gasteiger partial charge >= 0.3 is 0 Å². The monoisotopic (exact) mass is 655 g/mol. The number of amides is 3. The summed E-state index contributed by atoms with van der Waals surface area (Å²) in [6.07, 6.45) is 2.11. The average molecular weight is 656 g/mol. The molecule has 3 N–H and O–H groups in total. The van der Waals surface area contributed by atoms with Crippen molar-refractivity contribution >= 4 is 46.9 Å². The van der Waals surface area contributed by atoms with Gasteiger partial charge in [0, 0.05) is 40.0 Å². The highest BCUT2D eigenvalue weighted by Gasteiger charge is 2.20. The molecular weight excluding hydrogens is 618 g/mol. The van der Waals surface area contributed by atoms with Crippen LogP contribution in [0.5, 0.6) is 23.0 Å². The molecule has 1 atom stereocenters. The lowest BCUT2D eigenvalue weighted by Gasteiger charge is -2.17. The van der Waals surface area contributed by atoms with Crippen molar-refractivity contribution in [2.24, 2.45) is 0 Å².